The maximum Gasteiger partial charge on any atom is 0.105 e. The Morgan fingerprint density at radius 2 is 2.16 bits per heavy atom. The Kier molecular flexibility index (Phi) is 2.95. The number of hydrogen-bond donors (Lipinski definition) is 1. The van der Waals surface area contributed by atoms with Crippen molar-refractivity contribution in [1.82, 2.24) is 5.32 Å². The fourth-order valence-electron chi connectivity index (χ4n) is 5.41. The first kappa shape index (κ1) is 12.0. The molecule has 4 rings (SSSR count). The highest BCUT2D eigenvalue weighted by Crippen LogP contribution is 2.58. The van der Waals surface area contributed by atoms with Crippen LogP contribution in [-0.2, 0) is 6.42 Å². The summed E-state index contributed by atoms with van der Waals surface area (Å²) in [6.07, 6.45) is 10.3. The second-order valence-electron chi connectivity index (χ2n) is 7.11. The van der Waals surface area contributed by atoms with Crippen molar-refractivity contribution in [2.24, 2.45) is 23.7 Å². The van der Waals surface area contributed by atoms with Crippen molar-refractivity contribution in [2.45, 2.75) is 57.5 Å². The van der Waals surface area contributed by atoms with E-state index in [2.05, 4.69) is 18.3 Å². The first-order valence-electron chi connectivity index (χ1n) is 8.09. The van der Waals surface area contributed by atoms with E-state index in [0.717, 1.165) is 41.9 Å². The zero-order chi connectivity index (χ0) is 12.8. The lowest BCUT2D eigenvalue weighted by molar-refractivity contribution is 0.198. The minimum absolute atomic E-state index is 0.537. The van der Waals surface area contributed by atoms with Crippen LogP contribution in [0.2, 0.25) is 0 Å². The van der Waals surface area contributed by atoms with E-state index in [1.807, 2.05) is 6.07 Å². The van der Waals surface area contributed by atoms with E-state index in [1.54, 1.807) is 6.26 Å². The van der Waals surface area contributed by atoms with E-state index in [0.29, 0.717) is 6.04 Å². The standard InChI is InChI=1S/C17H25NO/c1-11(8-13-4-3-7-19-13)18-17-10-12-9-16(17)15-6-2-5-14(12)15/h3-4,7,11-12,14-18H,2,5-6,8-10H2,1H3. The highest BCUT2D eigenvalue weighted by atomic mass is 16.3. The molecule has 2 bridgehead atoms. The molecule has 3 saturated carbocycles. The van der Waals surface area contributed by atoms with Gasteiger partial charge in [0.25, 0.3) is 0 Å². The van der Waals surface area contributed by atoms with E-state index >= 15 is 0 Å². The molecule has 104 valence electrons. The van der Waals surface area contributed by atoms with Gasteiger partial charge in [-0.25, -0.2) is 0 Å². The third-order valence-corrected chi connectivity index (χ3v) is 6.01. The van der Waals surface area contributed by atoms with Gasteiger partial charge in [-0.1, -0.05) is 6.42 Å². The smallest absolute Gasteiger partial charge is 0.105 e. The van der Waals surface area contributed by atoms with Crippen LogP contribution in [0.15, 0.2) is 22.8 Å². The monoisotopic (exact) mass is 259 g/mol. The van der Waals surface area contributed by atoms with Crippen LogP contribution in [0.3, 0.4) is 0 Å². The quantitative estimate of drug-likeness (QED) is 0.893. The van der Waals surface area contributed by atoms with Crippen LogP contribution in [0.1, 0.15) is 44.8 Å². The maximum atomic E-state index is 5.46. The van der Waals surface area contributed by atoms with Gasteiger partial charge in [-0.05, 0) is 68.4 Å². The van der Waals surface area contributed by atoms with Gasteiger partial charge in [-0.3, -0.25) is 0 Å². The molecule has 19 heavy (non-hydrogen) atoms. The second kappa shape index (κ2) is 4.66. The summed E-state index contributed by atoms with van der Waals surface area (Å²) in [7, 11) is 0. The minimum atomic E-state index is 0.537. The zero-order valence-corrected chi connectivity index (χ0v) is 11.8. The van der Waals surface area contributed by atoms with Crippen LogP contribution in [0, 0.1) is 23.7 Å². The van der Waals surface area contributed by atoms with Crippen molar-refractivity contribution in [3.63, 3.8) is 0 Å². The summed E-state index contributed by atoms with van der Waals surface area (Å²) in [5.41, 5.74) is 0. The molecule has 6 atom stereocenters. The Balaban J connectivity index is 1.37. The molecule has 2 nitrogen and oxygen atoms in total. The summed E-state index contributed by atoms with van der Waals surface area (Å²) >= 11 is 0. The molecule has 0 aliphatic heterocycles. The number of hydrogen-bond acceptors (Lipinski definition) is 2. The maximum absolute atomic E-state index is 5.46. The molecule has 3 aliphatic rings. The van der Waals surface area contributed by atoms with Gasteiger partial charge in [0, 0.05) is 18.5 Å². The Bertz CT molecular complexity index is 426. The lowest BCUT2D eigenvalue weighted by Gasteiger charge is -2.34. The van der Waals surface area contributed by atoms with Crippen molar-refractivity contribution in [2.75, 3.05) is 0 Å². The van der Waals surface area contributed by atoms with Crippen molar-refractivity contribution in [3.8, 4) is 0 Å². The third-order valence-electron chi connectivity index (χ3n) is 6.01. The molecule has 6 unspecified atom stereocenters. The summed E-state index contributed by atoms with van der Waals surface area (Å²) in [6.45, 7) is 2.31. The molecule has 0 amide bonds. The largest absolute Gasteiger partial charge is 0.469 e. The number of furan rings is 1. The molecular weight excluding hydrogens is 234 g/mol. The molecule has 0 saturated heterocycles. The predicted octanol–water partition coefficient (Wildman–Crippen LogP) is 3.62. The molecule has 0 radical (unpaired) electrons. The molecule has 0 spiro atoms. The summed E-state index contributed by atoms with van der Waals surface area (Å²) in [5.74, 6) is 5.31. The Labute approximate surface area is 116 Å². The van der Waals surface area contributed by atoms with Crippen molar-refractivity contribution in [1.29, 1.82) is 0 Å². The van der Waals surface area contributed by atoms with E-state index in [1.165, 1.54) is 32.1 Å². The molecule has 1 heterocycles. The van der Waals surface area contributed by atoms with E-state index in [-0.39, 0.29) is 0 Å². The van der Waals surface area contributed by atoms with Gasteiger partial charge < -0.3 is 9.73 Å². The van der Waals surface area contributed by atoms with Gasteiger partial charge in [0.15, 0.2) is 0 Å². The molecular formula is C17H25NO. The van der Waals surface area contributed by atoms with Crippen molar-refractivity contribution < 1.29 is 4.42 Å². The molecule has 3 aliphatic carbocycles. The molecule has 2 heteroatoms. The van der Waals surface area contributed by atoms with Gasteiger partial charge in [0.2, 0.25) is 0 Å². The number of rotatable bonds is 4. The highest BCUT2D eigenvalue weighted by Gasteiger charge is 2.53. The molecule has 1 aromatic rings. The lowest BCUT2D eigenvalue weighted by atomic mass is 9.79. The molecule has 1 aromatic heterocycles. The van der Waals surface area contributed by atoms with E-state index in [4.69, 9.17) is 4.42 Å². The van der Waals surface area contributed by atoms with Crippen LogP contribution >= 0.6 is 0 Å². The van der Waals surface area contributed by atoms with Crippen LogP contribution in [0.5, 0.6) is 0 Å². The lowest BCUT2D eigenvalue weighted by Crippen LogP contribution is -2.44. The van der Waals surface area contributed by atoms with Crippen molar-refractivity contribution >= 4 is 0 Å². The molecule has 1 N–H and O–H groups in total. The number of nitrogens with one attached hydrogen (secondary N) is 1. The SMILES string of the molecule is CC(Cc1ccco1)NC1CC2CC1C1CCCC21. The van der Waals surface area contributed by atoms with Gasteiger partial charge >= 0.3 is 0 Å². The van der Waals surface area contributed by atoms with Gasteiger partial charge in [-0.15, -0.1) is 0 Å². The first-order valence-corrected chi connectivity index (χ1v) is 8.09. The number of fused-ring (bicyclic) bond motifs is 5. The summed E-state index contributed by atoms with van der Waals surface area (Å²) < 4.78 is 5.46. The van der Waals surface area contributed by atoms with E-state index < -0.39 is 0 Å². The second-order valence-corrected chi connectivity index (χ2v) is 7.11. The molecule has 3 fully saturated rings. The topological polar surface area (TPSA) is 25.2 Å². The normalized spacial score (nSPS) is 41.6. The first-order chi connectivity index (χ1) is 9.31. The zero-order valence-electron chi connectivity index (χ0n) is 11.8. The predicted molar refractivity (Wildman–Crippen MR) is 75.8 cm³/mol. The van der Waals surface area contributed by atoms with Crippen molar-refractivity contribution in [3.05, 3.63) is 24.2 Å². The minimum Gasteiger partial charge on any atom is -0.469 e. The average molecular weight is 259 g/mol. The van der Waals surface area contributed by atoms with E-state index in [9.17, 15) is 0 Å². The Morgan fingerprint density at radius 1 is 1.26 bits per heavy atom. The summed E-state index contributed by atoms with van der Waals surface area (Å²) in [5, 5.41) is 3.90. The highest BCUT2D eigenvalue weighted by molar-refractivity contribution is 5.07. The summed E-state index contributed by atoms with van der Waals surface area (Å²) in [6, 6.07) is 5.40. The fourth-order valence-corrected chi connectivity index (χ4v) is 5.41. The Morgan fingerprint density at radius 3 is 3.00 bits per heavy atom. The van der Waals surface area contributed by atoms with Crippen LogP contribution in [0.25, 0.3) is 0 Å². The van der Waals surface area contributed by atoms with Crippen LogP contribution in [-0.4, -0.2) is 12.1 Å². The third kappa shape index (κ3) is 2.05. The fraction of sp³-hybridized carbons (Fsp3) is 0.765. The summed E-state index contributed by atoms with van der Waals surface area (Å²) in [4.78, 5) is 0. The van der Waals surface area contributed by atoms with Gasteiger partial charge in [0.05, 0.1) is 6.26 Å². The van der Waals surface area contributed by atoms with Crippen LogP contribution < -0.4 is 5.32 Å². The van der Waals surface area contributed by atoms with Crippen LogP contribution in [0.4, 0.5) is 0 Å². The Hall–Kier alpha value is -0.760. The van der Waals surface area contributed by atoms with Gasteiger partial charge in [-0.2, -0.15) is 0 Å². The molecule has 0 aromatic carbocycles. The average Bonchev–Trinajstić information content (AvgIpc) is 3.10. The van der Waals surface area contributed by atoms with Gasteiger partial charge in [0.1, 0.15) is 5.76 Å².